The Kier molecular flexibility index (Phi) is 3.83. The van der Waals surface area contributed by atoms with Crippen molar-refractivity contribution in [1.82, 2.24) is 24.6 Å². The van der Waals surface area contributed by atoms with Gasteiger partial charge in [0.05, 0.1) is 5.56 Å². The maximum absolute atomic E-state index is 13.0. The summed E-state index contributed by atoms with van der Waals surface area (Å²) >= 11 is 0. The lowest BCUT2D eigenvalue weighted by atomic mass is 9.99. The zero-order valence-electron chi connectivity index (χ0n) is 13.1. The molecule has 4 rings (SSSR count). The smallest absolute Gasteiger partial charge is 0.257 e. The van der Waals surface area contributed by atoms with Crippen molar-refractivity contribution in [2.75, 3.05) is 26.2 Å². The van der Waals surface area contributed by atoms with Crippen LogP contribution in [0.25, 0.3) is 5.82 Å². The number of nitrogens with zero attached hydrogens (tertiary/aromatic N) is 5. The minimum atomic E-state index is 0.0637. The molecule has 120 valence electrons. The highest BCUT2D eigenvalue weighted by Crippen LogP contribution is 2.23. The number of carbonyl (C=O) groups excluding carboxylic acids is 1. The highest BCUT2D eigenvalue weighted by molar-refractivity contribution is 5.97. The molecule has 4 heterocycles. The van der Waals surface area contributed by atoms with Crippen LogP contribution in [0.1, 0.15) is 29.6 Å². The number of hydrogen-bond donors (Lipinski definition) is 0. The molecule has 2 aliphatic rings. The maximum Gasteiger partial charge on any atom is 0.257 e. The number of aromatic nitrogens is 3. The summed E-state index contributed by atoms with van der Waals surface area (Å²) in [5.41, 5.74) is 0.625. The molecule has 1 amide bonds. The lowest BCUT2D eigenvalue weighted by molar-refractivity contribution is 0.0372. The van der Waals surface area contributed by atoms with Gasteiger partial charge in [0.1, 0.15) is 0 Å². The zero-order chi connectivity index (χ0) is 15.6. The summed E-state index contributed by atoms with van der Waals surface area (Å²) < 4.78 is 1.66. The van der Waals surface area contributed by atoms with Crippen LogP contribution in [0.2, 0.25) is 0 Å². The Hall–Kier alpha value is -2.21. The summed E-state index contributed by atoms with van der Waals surface area (Å²) in [6, 6.07) is 6.02. The lowest BCUT2D eigenvalue weighted by Crippen LogP contribution is -2.56. The van der Waals surface area contributed by atoms with E-state index in [1.165, 1.54) is 25.8 Å². The van der Waals surface area contributed by atoms with Crippen LogP contribution in [0.3, 0.4) is 0 Å². The predicted octanol–water partition coefficient (Wildman–Crippen LogP) is 1.58. The molecule has 0 saturated carbocycles. The lowest BCUT2D eigenvalue weighted by Gasteiger charge is -2.44. The number of amides is 1. The van der Waals surface area contributed by atoms with Crippen molar-refractivity contribution in [3.8, 4) is 5.82 Å². The zero-order valence-corrected chi connectivity index (χ0v) is 13.1. The van der Waals surface area contributed by atoms with E-state index in [1.54, 1.807) is 17.1 Å². The number of piperazine rings is 1. The van der Waals surface area contributed by atoms with Crippen molar-refractivity contribution in [2.45, 2.75) is 25.3 Å². The summed E-state index contributed by atoms with van der Waals surface area (Å²) in [7, 11) is 0. The van der Waals surface area contributed by atoms with Gasteiger partial charge in [-0.25, -0.2) is 9.67 Å². The minimum Gasteiger partial charge on any atom is -0.336 e. The molecule has 2 saturated heterocycles. The van der Waals surface area contributed by atoms with Gasteiger partial charge in [-0.05, 0) is 37.6 Å². The van der Waals surface area contributed by atoms with Crippen LogP contribution >= 0.6 is 0 Å². The van der Waals surface area contributed by atoms with Crippen molar-refractivity contribution >= 4 is 5.91 Å². The summed E-state index contributed by atoms with van der Waals surface area (Å²) in [4.78, 5) is 21.9. The number of hydrogen-bond acceptors (Lipinski definition) is 4. The Morgan fingerprint density at radius 1 is 1.13 bits per heavy atom. The van der Waals surface area contributed by atoms with E-state index in [0.29, 0.717) is 17.4 Å². The number of piperidine rings is 1. The monoisotopic (exact) mass is 311 g/mol. The molecule has 2 aromatic heterocycles. The highest BCUT2D eigenvalue weighted by atomic mass is 16.2. The second-order valence-electron chi connectivity index (χ2n) is 6.26. The molecule has 0 aromatic carbocycles. The van der Waals surface area contributed by atoms with Gasteiger partial charge in [0.25, 0.3) is 5.91 Å². The van der Waals surface area contributed by atoms with E-state index in [-0.39, 0.29) is 5.91 Å². The van der Waals surface area contributed by atoms with Crippen molar-refractivity contribution in [1.29, 1.82) is 0 Å². The number of rotatable bonds is 2. The fourth-order valence-corrected chi connectivity index (χ4v) is 3.65. The topological polar surface area (TPSA) is 54.3 Å². The van der Waals surface area contributed by atoms with Gasteiger partial charge in [-0.1, -0.05) is 6.42 Å². The third-order valence-corrected chi connectivity index (χ3v) is 4.86. The predicted molar refractivity (Wildman–Crippen MR) is 86.5 cm³/mol. The molecule has 2 fully saturated rings. The normalized spacial score (nSPS) is 21.9. The third kappa shape index (κ3) is 2.74. The molecule has 6 nitrogen and oxygen atoms in total. The van der Waals surface area contributed by atoms with Crippen LogP contribution in [-0.2, 0) is 0 Å². The Morgan fingerprint density at radius 3 is 2.96 bits per heavy atom. The van der Waals surface area contributed by atoms with E-state index >= 15 is 0 Å². The van der Waals surface area contributed by atoms with Crippen LogP contribution < -0.4 is 0 Å². The largest absolute Gasteiger partial charge is 0.336 e. The molecule has 2 aromatic rings. The van der Waals surface area contributed by atoms with Crippen LogP contribution in [0.4, 0.5) is 0 Å². The fourth-order valence-electron chi connectivity index (χ4n) is 3.65. The van der Waals surface area contributed by atoms with Gasteiger partial charge in [-0.15, -0.1) is 0 Å². The van der Waals surface area contributed by atoms with Crippen LogP contribution in [0, 0.1) is 0 Å². The first kappa shape index (κ1) is 14.4. The summed E-state index contributed by atoms with van der Waals surface area (Å²) in [6.07, 6.45) is 8.97. The van der Waals surface area contributed by atoms with Gasteiger partial charge < -0.3 is 4.90 Å². The van der Waals surface area contributed by atoms with Gasteiger partial charge in [0.2, 0.25) is 0 Å². The van der Waals surface area contributed by atoms with Gasteiger partial charge in [0.15, 0.2) is 5.82 Å². The minimum absolute atomic E-state index is 0.0637. The molecule has 0 spiro atoms. The molecule has 0 N–H and O–H groups in total. The molecule has 23 heavy (non-hydrogen) atoms. The molecule has 0 unspecified atom stereocenters. The Bertz CT molecular complexity index is 684. The van der Waals surface area contributed by atoms with Crippen molar-refractivity contribution in [2.24, 2.45) is 0 Å². The standard InChI is InChI=1S/C17H21N5O/c23-17(21-12-11-20-9-2-1-5-14(20)13-21)15-6-3-7-18-16(15)22-10-4-8-19-22/h3-4,6-8,10,14H,1-2,5,9,11-13H2/t14-/m1/s1. The van der Waals surface area contributed by atoms with Crippen molar-refractivity contribution in [3.05, 3.63) is 42.4 Å². The molecular formula is C17H21N5O. The third-order valence-electron chi connectivity index (χ3n) is 4.86. The van der Waals surface area contributed by atoms with Crippen molar-refractivity contribution < 1.29 is 4.79 Å². The molecule has 6 heteroatoms. The van der Waals surface area contributed by atoms with Crippen LogP contribution in [-0.4, -0.2) is 62.7 Å². The van der Waals surface area contributed by atoms with E-state index in [2.05, 4.69) is 15.0 Å². The first-order chi connectivity index (χ1) is 11.3. The van der Waals surface area contributed by atoms with Crippen molar-refractivity contribution in [3.63, 3.8) is 0 Å². The van der Waals surface area contributed by atoms with E-state index < -0.39 is 0 Å². The summed E-state index contributed by atoms with van der Waals surface area (Å²) in [5, 5.41) is 4.22. The van der Waals surface area contributed by atoms with Crippen LogP contribution in [0.5, 0.6) is 0 Å². The Labute approximate surface area is 135 Å². The Morgan fingerprint density at radius 2 is 2.09 bits per heavy atom. The van der Waals surface area contributed by atoms with E-state index in [0.717, 1.165) is 19.6 Å². The first-order valence-corrected chi connectivity index (χ1v) is 8.31. The Balaban J connectivity index is 1.58. The number of carbonyl (C=O) groups is 1. The van der Waals surface area contributed by atoms with E-state index in [4.69, 9.17) is 0 Å². The maximum atomic E-state index is 13.0. The van der Waals surface area contributed by atoms with Gasteiger partial charge in [0, 0.05) is 44.3 Å². The fraction of sp³-hybridized carbons (Fsp3) is 0.471. The molecule has 2 aliphatic heterocycles. The van der Waals surface area contributed by atoms with E-state index in [9.17, 15) is 4.79 Å². The summed E-state index contributed by atoms with van der Waals surface area (Å²) in [6.45, 7) is 3.78. The molecular weight excluding hydrogens is 290 g/mol. The average molecular weight is 311 g/mol. The highest BCUT2D eigenvalue weighted by Gasteiger charge is 2.32. The van der Waals surface area contributed by atoms with Crippen LogP contribution in [0.15, 0.2) is 36.8 Å². The second-order valence-corrected chi connectivity index (χ2v) is 6.26. The first-order valence-electron chi connectivity index (χ1n) is 8.31. The van der Waals surface area contributed by atoms with Gasteiger partial charge in [-0.2, -0.15) is 5.10 Å². The van der Waals surface area contributed by atoms with E-state index in [1.807, 2.05) is 29.3 Å². The molecule has 0 radical (unpaired) electrons. The number of fused-ring (bicyclic) bond motifs is 1. The summed E-state index contributed by atoms with van der Waals surface area (Å²) in [5.74, 6) is 0.669. The number of pyridine rings is 1. The van der Waals surface area contributed by atoms with Gasteiger partial charge in [-0.3, -0.25) is 9.69 Å². The van der Waals surface area contributed by atoms with Gasteiger partial charge >= 0.3 is 0 Å². The molecule has 0 bridgehead atoms. The molecule has 0 aliphatic carbocycles. The SMILES string of the molecule is O=C(c1cccnc1-n1cccn1)N1CCN2CCCC[C@@H]2C1. The quantitative estimate of drug-likeness (QED) is 0.845. The average Bonchev–Trinajstić information content (AvgIpc) is 3.15. The second kappa shape index (κ2) is 6.12. The molecule has 1 atom stereocenters.